The molecule has 0 unspecified atom stereocenters. The minimum Gasteiger partial charge on any atom is -0.496 e. The molecule has 3 nitrogen and oxygen atoms in total. The summed E-state index contributed by atoms with van der Waals surface area (Å²) in [5, 5.41) is 8.81. The second kappa shape index (κ2) is 4.62. The first-order chi connectivity index (χ1) is 8.24. The van der Waals surface area contributed by atoms with E-state index in [0.29, 0.717) is 22.6 Å². The van der Waals surface area contributed by atoms with Gasteiger partial charge in [-0.2, -0.15) is 5.26 Å². The summed E-state index contributed by atoms with van der Waals surface area (Å²) in [5.74, 6) is 0.152. The first-order valence-corrected chi connectivity index (χ1v) is 4.94. The largest absolute Gasteiger partial charge is 0.496 e. The monoisotopic (exact) mass is 228 g/mol. The van der Waals surface area contributed by atoms with Crippen LogP contribution in [-0.4, -0.2) is 12.1 Å². The van der Waals surface area contributed by atoms with Crippen LogP contribution in [0.2, 0.25) is 0 Å². The summed E-state index contributed by atoms with van der Waals surface area (Å²) in [4.78, 5) is 4.11. The van der Waals surface area contributed by atoms with E-state index in [-0.39, 0.29) is 5.82 Å². The molecular weight excluding hydrogens is 219 g/mol. The number of benzene rings is 1. The van der Waals surface area contributed by atoms with E-state index >= 15 is 0 Å². The number of hydrogen-bond acceptors (Lipinski definition) is 3. The SMILES string of the molecule is COc1ccc(F)cc1-c1cc(C#N)ccn1. The molecule has 4 heteroatoms. The highest BCUT2D eigenvalue weighted by molar-refractivity contribution is 5.68. The summed E-state index contributed by atoms with van der Waals surface area (Å²) < 4.78 is 18.3. The standard InChI is InChI=1S/C13H9FN2O/c1-17-13-3-2-10(14)7-11(13)12-6-9(8-15)4-5-16-12/h2-7H,1H3. The molecule has 0 aliphatic heterocycles. The molecule has 1 heterocycles. The highest BCUT2D eigenvalue weighted by Gasteiger charge is 2.09. The van der Waals surface area contributed by atoms with Gasteiger partial charge < -0.3 is 4.74 Å². The Morgan fingerprint density at radius 3 is 2.82 bits per heavy atom. The Hall–Kier alpha value is -2.41. The average molecular weight is 228 g/mol. The lowest BCUT2D eigenvalue weighted by Crippen LogP contribution is -1.91. The van der Waals surface area contributed by atoms with Crippen molar-refractivity contribution in [1.82, 2.24) is 4.98 Å². The fraction of sp³-hybridized carbons (Fsp3) is 0.0769. The Labute approximate surface area is 98.1 Å². The fourth-order valence-corrected chi connectivity index (χ4v) is 1.53. The summed E-state index contributed by atoms with van der Waals surface area (Å²) in [6.07, 6.45) is 1.51. The van der Waals surface area contributed by atoms with Crippen LogP contribution in [0.5, 0.6) is 5.75 Å². The van der Waals surface area contributed by atoms with E-state index < -0.39 is 0 Å². The zero-order valence-electron chi connectivity index (χ0n) is 9.14. The van der Waals surface area contributed by atoms with E-state index in [1.165, 1.54) is 31.5 Å². The van der Waals surface area contributed by atoms with Crippen molar-refractivity contribution < 1.29 is 9.13 Å². The summed E-state index contributed by atoms with van der Waals surface area (Å²) in [7, 11) is 1.50. The number of nitrogens with zero attached hydrogens (tertiary/aromatic N) is 2. The first-order valence-electron chi connectivity index (χ1n) is 4.94. The molecule has 0 spiro atoms. The van der Waals surface area contributed by atoms with E-state index in [1.54, 1.807) is 12.1 Å². The number of methoxy groups -OCH3 is 1. The Morgan fingerprint density at radius 1 is 1.29 bits per heavy atom. The molecule has 0 atom stereocenters. The molecule has 0 saturated heterocycles. The Kier molecular flexibility index (Phi) is 3.01. The predicted octanol–water partition coefficient (Wildman–Crippen LogP) is 2.77. The quantitative estimate of drug-likeness (QED) is 0.793. The lowest BCUT2D eigenvalue weighted by atomic mass is 10.1. The molecule has 17 heavy (non-hydrogen) atoms. The van der Waals surface area contributed by atoms with Crippen molar-refractivity contribution in [3.05, 3.63) is 47.9 Å². The molecule has 2 rings (SSSR count). The number of halogens is 1. The van der Waals surface area contributed by atoms with Crippen molar-refractivity contribution in [1.29, 1.82) is 5.26 Å². The zero-order valence-corrected chi connectivity index (χ0v) is 9.14. The number of nitriles is 1. The van der Waals surface area contributed by atoms with Crippen LogP contribution in [0.3, 0.4) is 0 Å². The third-order valence-electron chi connectivity index (χ3n) is 2.33. The molecule has 0 aliphatic rings. The van der Waals surface area contributed by atoms with Crippen LogP contribution >= 0.6 is 0 Å². The normalized spacial score (nSPS) is 9.71. The van der Waals surface area contributed by atoms with Gasteiger partial charge in [-0.3, -0.25) is 4.98 Å². The van der Waals surface area contributed by atoms with Gasteiger partial charge in [0, 0.05) is 11.8 Å². The molecule has 0 saturated carbocycles. The van der Waals surface area contributed by atoms with E-state index in [4.69, 9.17) is 10.00 Å². The molecule has 0 bridgehead atoms. The van der Waals surface area contributed by atoms with Crippen LogP contribution in [0.4, 0.5) is 4.39 Å². The van der Waals surface area contributed by atoms with E-state index in [1.807, 2.05) is 6.07 Å². The maximum atomic E-state index is 13.2. The molecule has 0 aliphatic carbocycles. The number of aromatic nitrogens is 1. The predicted molar refractivity (Wildman–Crippen MR) is 60.9 cm³/mol. The topological polar surface area (TPSA) is 45.9 Å². The van der Waals surface area contributed by atoms with Gasteiger partial charge in [-0.15, -0.1) is 0 Å². The lowest BCUT2D eigenvalue weighted by molar-refractivity contribution is 0.415. The molecule has 1 aromatic heterocycles. The van der Waals surface area contributed by atoms with Gasteiger partial charge in [0.2, 0.25) is 0 Å². The van der Waals surface area contributed by atoms with Crippen LogP contribution < -0.4 is 4.74 Å². The summed E-state index contributed by atoms with van der Waals surface area (Å²) >= 11 is 0. The van der Waals surface area contributed by atoms with E-state index in [9.17, 15) is 4.39 Å². The minimum atomic E-state index is -0.370. The number of rotatable bonds is 2. The molecule has 0 amide bonds. The van der Waals surface area contributed by atoms with Crippen LogP contribution in [0.25, 0.3) is 11.3 Å². The number of pyridine rings is 1. The van der Waals surface area contributed by atoms with Crippen molar-refractivity contribution in [2.24, 2.45) is 0 Å². The van der Waals surface area contributed by atoms with Gasteiger partial charge in [0.1, 0.15) is 11.6 Å². The van der Waals surface area contributed by atoms with Gasteiger partial charge in [0.05, 0.1) is 24.4 Å². The van der Waals surface area contributed by atoms with Crippen molar-refractivity contribution in [3.63, 3.8) is 0 Å². The van der Waals surface area contributed by atoms with Crippen molar-refractivity contribution in [3.8, 4) is 23.1 Å². The summed E-state index contributed by atoms with van der Waals surface area (Å²) in [6.45, 7) is 0. The second-order valence-electron chi connectivity index (χ2n) is 3.39. The Morgan fingerprint density at radius 2 is 2.12 bits per heavy atom. The van der Waals surface area contributed by atoms with Gasteiger partial charge >= 0.3 is 0 Å². The number of ether oxygens (including phenoxy) is 1. The number of hydrogen-bond donors (Lipinski definition) is 0. The maximum absolute atomic E-state index is 13.2. The highest BCUT2D eigenvalue weighted by atomic mass is 19.1. The molecule has 1 aromatic carbocycles. The van der Waals surface area contributed by atoms with Gasteiger partial charge in [-0.25, -0.2) is 4.39 Å². The first kappa shape index (κ1) is 11.1. The molecule has 0 N–H and O–H groups in total. The Bertz CT molecular complexity index is 590. The zero-order chi connectivity index (χ0) is 12.3. The second-order valence-corrected chi connectivity index (χ2v) is 3.39. The van der Waals surface area contributed by atoms with Gasteiger partial charge in [0.15, 0.2) is 0 Å². The van der Waals surface area contributed by atoms with Crippen molar-refractivity contribution in [2.45, 2.75) is 0 Å². The van der Waals surface area contributed by atoms with Crippen LogP contribution in [0.15, 0.2) is 36.5 Å². The van der Waals surface area contributed by atoms with Crippen LogP contribution in [0.1, 0.15) is 5.56 Å². The van der Waals surface area contributed by atoms with Crippen LogP contribution in [0, 0.1) is 17.1 Å². The minimum absolute atomic E-state index is 0.370. The molecule has 0 fully saturated rings. The molecule has 84 valence electrons. The highest BCUT2D eigenvalue weighted by Crippen LogP contribution is 2.29. The van der Waals surface area contributed by atoms with E-state index in [0.717, 1.165) is 0 Å². The summed E-state index contributed by atoms with van der Waals surface area (Å²) in [6, 6.07) is 9.39. The summed E-state index contributed by atoms with van der Waals surface area (Å²) in [5.41, 5.74) is 1.52. The Balaban J connectivity index is 2.59. The molecule has 2 aromatic rings. The maximum Gasteiger partial charge on any atom is 0.128 e. The van der Waals surface area contributed by atoms with Gasteiger partial charge in [-0.1, -0.05) is 0 Å². The lowest BCUT2D eigenvalue weighted by Gasteiger charge is -2.07. The van der Waals surface area contributed by atoms with E-state index in [2.05, 4.69) is 4.98 Å². The smallest absolute Gasteiger partial charge is 0.128 e. The third kappa shape index (κ3) is 2.23. The average Bonchev–Trinajstić information content (AvgIpc) is 2.39. The van der Waals surface area contributed by atoms with Gasteiger partial charge in [-0.05, 0) is 30.3 Å². The third-order valence-corrected chi connectivity index (χ3v) is 2.33. The van der Waals surface area contributed by atoms with Gasteiger partial charge in [0.25, 0.3) is 0 Å². The molecule has 0 radical (unpaired) electrons. The molecular formula is C13H9FN2O. The van der Waals surface area contributed by atoms with Crippen molar-refractivity contribution in [2.75, 3.05) is 7.11 Å². The van der Waals surface area contributed by atoms with Crippen LogP contribution in [-0.2, 0) is 0 Å². The fourth-order valence-electron chi connectivity index (χ4n) is 1.53. The van der Waals surface area contributed by atoms with Crippen molar-refractivity contribution >= 4 is 0 Å².